The summed E-state index contributed by atoms with van der Waals surface area (Å²) >= 11 is 0. The van der Waals surface area contributed by atoms with Gasteiger partial charge in [-0.15, -0.1) is 0 Å². The zero-order valence-electron chi connectivity index (χ0n) is 13.8. The van der Waals surface area contributed by atoms with E-state index in [2.05, 4.69) is 25.6 Å². The molecular weight excluding hydrogens is 276 g/mol. The van der Waals surface area contributed by atoms with Crippen LogP contribution in [-0.2, 0) is 6.54 Å². The number of rotatable bonds is 9. The molecule has 1 aromatic rings. The minimum Gasteiger partial charge on any atom is -0.356 e. The molecule has 2 heterocycles. The quantitative estimate of drug-likeness (QED) is 0.410. The number of hydrogen-bond donors (Lipinski definition) is 2. The molecule has 0 saturated carbocycles. The van der Waals surface area contributed by atoms with Crippen molar-refractivity contribution in [2.24, 2.45) is 4.99 Å². The van der Waals surface area contributed by atoms with Gasteiger partial charge in [0.25, 0.3) is 0 Å². The van der Waals surface area contributed by atoms with Crippen LogP contribution in [-0.4, -0.2) is 60.4 Å². The zero-order chi connectivity index (χ0) is 15.5. The molecule has 0 aliphatic carbocycles. The van der Waals surface area contributed by atoms with Crippen molar-refractivity contribution >= 4 is 5.96 Å². The van der Waals surface area contributed by atoms with Crippen molar-refractivity contribution < 1.29 is 0 Å². The highest BCUT2D eigenvalue weighted by Gasteiger charge is 2.09. The molecule has 0 aromatic carbocycles. The Balaban J connectivity index is 1.46. The third kappa shape index (κ3) is 6.47. The molecule has 1 aromatic heterocycles. The van der Waals surface area contributed by atoms with Crippen LogP contribution in [0.15, 0.2) is 23.5 Å². The van der Waals surface area contributed by atoms with Crippen LogP contribution < -0.4 is 10.6 Å². The van der Waals surface area contributed by atoms with Crippen LogP contribution in [0.2, 0.25) is 0 Å². The van der Waals surface area contributed by atoms with Gasteiger partial charge >= 0.3 is 0 Å². The van der Waals surface area contributed by atoms with Crippen LogP contribution in [0.1, 0.15) is 32.1 Å². The molecule has 1 saturated heterocycles. The van der Waals surface area contributed by atoms with E-state index in [4.69, 9.17) is 0 Å². The van der Waals surface area contributed by atoms with E-state index in [0.29, 0.717) is 0 Å². The molecule has 0 bridgehead atoms. The van der Waals surface area contributed by atoms with E-state index in [0.717, 1.165) is 32.0 Å². The van der Waals surface area contributed by atoms with E-state index in [1.165, 1.54) is 45.3 Å². The lowest BCUT2D eigenvalue weighted by Gasteiger charge is -2.15. The Labute approximate surface area is 134 Å². The molecule has 0 atom stereocenters. The number of hydrogen-bond acceptors (Lipinski definition) is 3. The number of guanidine groups is 1. The van der Waals surface area contributed by atoms with Gasteiger partial charge in [0, 0.05) is 39.1 Å². The first-order valence-electron chi connectivity index (χ1n) is 8.53. The van der Waals surface area contributed by atoms with Crippen molar-refractivity contribution in [3.8, 4) is 0 Å². The maximum atomic E-state index is 4.26. The van der Waals surface area contributed by atoms with Crippen LogP contribution >= 0.6 is 0 Å². The molecular formula is C16H30N6. The summed E-state index contributed by atoms with van der Waals surface area (Å²) < 4.78 is 1.95. The van der Waals surface area contributed by atoms with Crippen LogP contribution in [0, 0.1) is 0 Å². The first-order chi connectivity index (χ1) is 10.9. The molecule has 1 aliphatic rings. The average Bonchev–Trinajstić information content (AvgIpc) is 3.22. The van der Waals surface area contributed by atoms with Gasteiger partial charge in [-0.2, -0.15) is 5.10 Å². The number of likely N-dealkylation sites (tertiary alicyclic amines) is 1. The first-order valence-corrected chi connectivity index (χ1v) is 8.53. The van der Waals surface area contributed by atoms with Crippen molar-refractivity contribution in [3.05, 3.63) is 18.5 Å². The Hall–Kier alpha value is -1.56. The molecule has 22 heavy (non-hydrogen) atoms. The second-order valence-electron chi connectivity index (χ2n) is 5.80. The first kappa shape index (κ1) is 16.8. The van der Waals surface area contributed by atoms with E-state index in [1.54, 1.807) is 0 Å². The zero-order valence-corrected chi connectivity index (χ0v) is 13.8. The van der Waals surface area contributed by atoms with Gasteiger partial charge in [-0.25, -0.2) is 0 Å². The van der Waals surface area contributed by atoms with Gasteiger partial charge in [0.2, 0.25) is 0 Å². The molecule has 0 amide bonds. The molecule has 0 unspecified atom stereocenters. The molecule has 1 fully saturated rings. The minimum atomic E-state index is 0.904. The summed E-state index contributed by atoms with van der Waals surface area (Å²) in [7, 11) is 1.83. The molecule has 1 aliphatic heterocycles. The molecule has 6 heteroatoms. The summed E-state index contributed by atoms with van der Waals surface area (Å²) in [6.45, 7) is 6.68. The number of unbranched alkanes of at least 4 members (excludes halogenated alkanes) is 1. The third-order valence-electron chi connectivity index (χ3n) is 4.03. The fourth-order valence-corrected chi connectivity index (χ4v) is 2.77. The monoisotopic (exact) mass is 306 g/mol. The van der Waals surface area contributed by atoms with E-state index in [1.807, 2.05) is 30.2 Å². The second kappa shape index (κ2) is 10.2. The highest BCUT2D eigenvalue weighted by molar-refractivity contribution is 5.79. The van der Waals surface area contributed by atoms with Gasteiger partial charge in [-0.3, -0.25) is 9.67 Å². The van der Waals surface area contributed by atoms with Crippen LogP contribution in [0.4, 0.5) is 0 Å². The fraction of sp³-hybridized carbons (Fsp3) is 0.750. The van der Waals surface area contributed by atoms with Gasteiger partial charge in [-0.1, -0.05) is 0 Å². The summed E-state index contributed by atoms with van der Waals surface area (Å²) in [5.41, 5.74) is 0. The highest BCUT2D eigenvalue weighted by atomic mass is 15.3. The standard InChI is InChI=1S/C16H30N6/c1-17-16(19-9-6-14-22-15-7-10-20-22)18-8-2-3-11-21-12-4-5-13-21/h7,10,15H,2-6,8-9,11-14H2,1H3,(H2,17,18,19). The lowest BCUT2D eigenvalue weighted by Crippen LogP contribution is -2.38. The molecule has 2 rings (SSSR count). The third-order valence-corrected chi connectivity index (χ3v) is 4.03. The van der Waals surface area contributed by atoms with Crippen molar-refractivity contribution in [1.29, 1.82) is 0 Å². The Morgan fingerprint density at radius 1 is 1.09 bits per heavy atom. The Bertz CT molecular complexity index is 408. The van der Waals surface area contributed by atoms with Crippen LogP contribution in [0.3, 0.4) is 0 Å². The second-order valence-corrected chi connectivity index (χ2v) is 5.80. The topological polar surface area (TPSA) is 57.5 Å². The van der Waals surface area contributed by atoms with Crippen molar-refractivity contribution in [1.82, 2.24) is 25.3 Å². The van der Waals surface area contributed by atoms with Gasteiger partial charge in [-0.05, 0) is 57.8 Å². The van der Waals surface area contributed by atoms with Crippen molar-refractivity contribution in [2.45, 2.75) is 38.6 Å². The lowest BCUT2D eigenvalue weighted by molar-refractivity contribution is 0.330. The van der Waals surface area contributed by atoms with Crippen LogP contribution in [0.5, 0.6) is 0 Å². The van der Waals surface area contributed by atoms with Gasteiger partial charge in [0.15, 0.2) is 5.96 Å². The van der Waals surface area contributed by atoms with E-state index >= 15 is 0 Å². The number of aryl methyl sites for hydroxylation is 1. The van der Waals surface area contributed by atoms with E-state index < -0.39 is 0 Å². The summed E-state index contributed by atoms with van der Waals surface area (Å²) in [5.74, 6) is 0.904. The largest absolute Gasteiger partial charge is 0.356 e. The number of nitrogens with one attached hydrogen (secondary N) is 2. The number of nitrogens with zero attached hydrogens (tertiary/aromatic N) is 4. The summed E-state index contributed by atoms with van der Waals surface area (Å²) in [6, 6.07) is 1.95. The van der Waals surface area contributed by atoms with Crippen molar-refractivity contribution in [2.75, 3.05) is 39.8 Å². The highest BCUT2D eigenvalue weighted by Crippen LogP contribution is 2.07. The molecule has 124 valence electrons. The van der Waals surface area contributed by atoms with Gasteiger partial charge < -0.3 is 15.5 Å². The average molecular weight is 306 g/mol. The molecule has 0 spiro atoms. The Kier molecular flexibility index (Phi) is 7.80. The molecule has 6 nitrogen and oxygen atoms in total. The van der Waals surface area contributed by atoms with Gasteiger partial charge in [0.1, 0.15) is 0 Å². The summed E-state index contributed by atoms with van der Waals surface area (Å²) in [6.07, 6.45) is 10.1. The normalized spacial score (nSPS) is 16.1. The molecule has 2 N–H and O–H groups in total. The van der Waals surface area contributed by atoms with E-state index in [-0.39, 0.29) is 0 Å². The van der Waals surface area contributed by atoms with Crippen molar-refractivity contribution in [3.63, 3.8) is 0 Å². The SMILES string of the molecule is CN=C(NCCCCN1CCCC1)NCCCn1cccn1. The van der Waals surface area contributed by atoms with Gasteiger partial charge in [0.05, 0.1) is 0 Å². The fourth-order valence-electron chi connectivity index (χ4n) is 2.77. The number of aromatic nitrogens is 2. The predicted octanol–water partition coefficient (Wildman–Crippen LogP) is 1.31. The van der Waals surface area contributed by atoms with Crippen LogP contribution in [0.25, 0.3) is 0 Å². The molecule has 0 radical (unpaired) electrons. The smallest absolute Gasteiger partial charge is 0.190 e. The predicted molar refractivity (Wildman–Crippen MR) is 91.1 cm³/mol. The van der Waals surface area contributed by atoms with E-state index in [9.17, 15) is 0 Å². The lowest BCUT2D eigenvalue weighted by atomic mass is 10.3. The summed E-state index contributed by atoms with van der Waals surface area (Å²) in [5, 5.41) is 10.9. The maximum Gasteiger partial charge on any atom is 0.190 e. The number of aliphatic imine (C=N–C) groups is 1. The summed E-state index contributed by atoms with van der Waals surface area (Å²) in [4.78, 5) is 6.83. The Morgan fingerprint density at radius 2 is 1.86 bits per heavy atom. The maximum absolute atomic E-state index is 4.26. The Morgan fingerprint density at radius 3 is 2.55 bits per heavy atom. The minimum absolute atomic E-state index is 0.904.